The summed E-state index contributed by atoms with van der Waals surface area (Å²) in [6.45, 7) is 0. The molecule has 0 bridgehead atoms. The molecule has 1 N–H and O–H groups in total. The summed E-state index contributed by atoms with van der Waals surface area (Å²) in [6.07, 6.45) is 5.45. The maximum absolute atomic E-state index is 4.17. The van der Waals surface area contributed by atoms with E-state index in [0.717, 1.165) is 11.3 Å². The number of hydrogen-bond acceptors (Lipinski definition) is 3. The van der Waals surface area contributed by atoms with Crippen LogP contribution in [0, 0.1) is 0 Å². The van der Waals surface area contributed by atoms with Gasteiger partial charge in [0.1, 0.15) is 0 Å². The van der Waals surface area contributed by atoms with Crippen LogP contribution >= 0.6 is 0 Å². The highest BCUT2D eigenvalue weighted by molar-refractivity contribution is 5.24. The third-order valence-electron chi connectivity index (χ3n) is 2.46. The Kier molecular flexibility index (Phi) is 2.78. The predicted molar refractivity (Wildman–Crippen MR) is 58.3 cm³/mol. The lowest BCUT2D eigenvalue weighted by molar-refractivity contribution is 0.604. The minimum atomic E-state index is 0.145. The molecule has 78 valence electrons. The Morgan fingerprint density at radius 3 is 2.73 bits per heavy atom. The Bertz CT molecular complexity index is 421. The van der Waals surface area contributed by atoms with E-state index in [-0.39, 0.29) is 6.04 Å². The SMILES string of the molecule is CNC(c1cccnc1)c1ccnn1C. The number of nitrogens with one attached hydrogen (secondary N) is 1. The van der Waals surface area contributed by atoms with Gasteiger partial charge in [-0.3, -0.25) is 9.67 Å². The van der Waals surface area contributed by atoms with E-state index in [9.17, 15) is 0 Å². The highest BCUT2D eigenvalue weighted by Crippen LogP contribution is 2.19. The molecule has 0 aromatic carbocycles. The van der Waals surface area contributed by atoms with E-state index in [0.29, 0.717) is 0 Å². The highest BCUT2D eigenvalue weighted by Gasteiger charge is 2.14. The summed E-state index contributed by atoms with van der Waals surface area (Å²) in [5.41, 5.74) is 2.27. The molecular formula is C11H14N4. The molecule has 0 saturated heterocycles. The van der Waals surface area contributed by atoms with Crippen LogP contribution in [0.2, 0.25) is 0 Å². The van der Waals surface area contributed by atoms with Gasteiger partial charge >= 0.3 is 0 Å². The van der Waals surface area contributed by atoms with Gasteiger partial charge in [0.2, 0.25) is 0 Å². The molecule has 0 saturated carbocycles. The summed E-state index contributed by atoms with van der Waals surface area (Å²) in [7, 11) is 3.88. The van der Waals surface area contributed by atoms with Crippen molar-refractivity contribution < 1.29 is 0 Å². The molecule has 4 heteroatoms. The lowest BCUT2D eigenvalue weighted by Crippen LogP contribution is -2.20. The van der Waals surface area contributed by atoms with Gasteiger partial charge in [0.15, 0.2) is 0 Å². The van der Waals surface area contributed by atoms with Crippen molar-refractivity contribution in [3.05, 3.63) is 48.0 Å². The summed E-state index contributed by atoms with van der Waals surface area (Å²) >= 11 is 0. The van der Waals surface area contributed by atoms with Crippen LogP contribution in [0.3, 0.4) is 0 Å². The Hall–Kier alpha value is -1.68. The van der Waals surface area contributed by atoms with Crippen molar-refractivity contribution >= 4 is 0 Å². The van der Waals surface area contributed by atoms with E-state index in [1.165, 1.54) is 0 Å². The molecule has 4 nitrogen and oxygen atoms in total. The molecule has 0 fully saturated rings. The standard InChI is InChI=1S/C11H14N4/c1-12-11(9-4-3-6-13-8-9)10-5-7-14-15(10)2/h3-8,11-12H,1-2H3. The lowest BCUT2D eigenvalue weighted by Gasteiger charge is -2.16. The number of aromatic nitrogens is 3. The average molecular weight is 202 g/mol. The van der Waals surface area contributed by atoms with E-state index in [2.05, 4.69) is 21.5 Å². The average Bonchev–Trinajstić information content (AvgIpc) is 2.68. The summed E-state index contributed by atoms with van der Waals surface area (Å²) in [4.78, 5) is 4.12. The molecule has 0 aliphatic rings. The van der Waals surface area contributed by atoms with Crippen molar-refractivity contribution in [2.24, 2.45) is 7.05 Å². The van der Waals surface area contributed by atoms with Crippen LogP contribution in [0.4, 0.5) is 0 Å². The predicted octanol–water partition coefficient (Wildman–Crippen LogP) is 1.12. The second-order valence-corrected chi connectivity index (χ2v) is 3.39. The molecule has 0 spiro atoms. The summed E-state index contributed by atoms with van der Waals surface area (Å²) in [5, 5.41) is 7.43. The van der Waals surface area contributed by atoms with Gasteiger partial charge < -0.3 is 5.32 Å². The fraction of sp³-hybridized carbons (Fsp3) is 0.273. The molecular weight excluding hydrogens is 188 g/mol. The van der Waals surface area contributed by atoms with Crippen LogP contribution in [0.25, 0.3) is 0 Å². The first-order valence-electron chi connectivity index (χ1n) is 4.88. The van der Waals surface area contributed by atoms with Crippen molar-refractivity contribution in [3.8, 4) is 0 Å². The van der Waals surface area contributed by atoms with Crippen molar-refractivity contribution in [2.45, 2.75) is 6.04 Å². The van der Waals surface area contributed by atoms with E-state index < -0.39 is 0 Å². The molecule has 0 radical (unpaired) electrons. The molecule has 0 aliphatic carbocycles. The van der Waals surface area contributed by atoms with Crippen molar-refractivity contribution in [1.82, 2.24) is 20.1 Å². The molecule has 1 atom stereocenters. The maximum atomic E-state index is 4.17. The van der Waals surface area contributed by atoms with Crippen LogP contribution < -0.4 is 5.32 Å². The fourth-order valence-electron chi connectivity index (χ4n) is 1.70. The number of rotatable bonds is 3. The second kappa shape index (κ2) is 4.23. The first-order chi connectivity index (χ1) is 7.33. The highest BCUT2D eigenvalue weighted by atomic mass is 15.3. The Labute approximate surface area is 89.0 Å². The maximum Gasteiger partial charge on any atom is 0.0760 e. The van der Waals surface area contributed by atoms with Gasteiger partial charge in [-0.2, -0.15) is 5.10 Å². The molecule has 0 aliphatic heterocycles. The largest absolute Gasteiger partial charge is 0.308 e. The normalized spacial score (nSPS) is 12.7. The zero-order valence-corrected chi connectivity index (χ0v) is 8.88. The van der Waals surface area contributed by atoms with Gasteiger partial charge in [0.05, 0.1) is 11.7 Å². The van der Waals surface area contributed by atoms with Gasteiger partial charge in [-0.1, -0.05) is 6.07 Å². The zero-order valence-electron chi connectivity index (χ0n) is 8.88. The third-order valence-corrected chi connectivity index (χ3v) is 2.46. The van der Waals surface area contributed by atoms with Crippen LogP contribution in [0.1, 0.15) is 17.3 Å². The first-order valence-corrected chi connectivity index (χ1v) is 4.88. The van der Waals surface area contributed by atoms with Crippen LogP contribution in [0.15, 0.2) is 36.8 Å². The van der Waals surface area contributed by atoms with Crippen molar-refractivity contribution in [1.29, 1.82) is 0 Å². The van der Waals surface area contributed by atoms with Gasteiger partial charge in [0.25, 0.3) is 0 Å². The number of nitrogens with zero attached hydrogens (tertiary/aromatic N) is 3. The Morgan fingerprint density at radius 2 is 2.20 bits per heavy atom. The summed E-state index contributed by atoms with van der Waals surface area (Å²) in [5.74, 6) is 0. The van der Waals surface area contributed by atoms with Crippen LogP contribution in [-0.2, 0) is 7.05 Å². The number of aryl methyl sites for hydroxylation is 1. The van der Waals surface area contributed by atoms with Gasteiger partial charge in [-0.05, 0) is 24.7 Å². The first kappa shape index (κ1) is 9.86. The van der Waals surface area contributed by atoms with Crippen LogP contribution in [-0.4, -0.2) is 21.8 Å². The molecule has 0 amide bonds. The molecule has 2 heterocycles. The molecule has 2 aromatic heterocycles. The zero-order chi connectivity index (χ0) is 10.7. The number of pyridine rings is 1. The van der Waals surface area contributed by atoms with Gasteiger partial charge in [-0.15, -0.1) is 0 Å². The van der Waals surface area contributed by atoms with E-state index in [4.69, 9.17) is 0 Å². The smallest absolute Gasteiger partial charge is 0.0760 e. The van der Waals surface area contributed by atoms with Crippen molar-refractivity contribution in [3.63, 3.8) is 0 Å². The minimum absolute atomic E-state index is 0.145. The molecule has 2 rings (SSSR count). The Morgan fingerprint density at radius 1 is 1.33 bits per heavy atom. The minimum Gasteiger partial charge on any atom is -0.308 e. The summed E-state index contributed by atoms with van der Waals surface area (Å²) in [6, 6.07) is 6.15. The second-order valence-electron chi connectivity index (χ2n) is 3.39. The fourth-order valence-corrected chi connectivity index (χ4v) is 1.70. The van der Waals surface area contributed by atoms with Crippen LogP contribution in [0.5, 0.6) is 0 Å². The lowest BCUT2D eigenvalue weighted by atomic mass is 10.1. The topological polar surface area (TPSA) is 42.7 Å². The van der Waals surface area contributed by atoms with Gasteiger partial charge in [-0.25, -0.2) is 0 Å². The summed E-state index contributed by atoms with van der Waals surface area (Å²) < 4.78 is 1.87. The molecule has 2 aromatic rings. The van der Waals surface area contributed by atoms with E-state index >= 15 is 0 Å². The van der Waals surface area contributed by atoms with E-state index in [1.54, 1.807) is 12.4 Å². The monoisotopic (exact) mass is 202 g/mol. The quantitative estimate of drug-likeness (QED) is 0.811. The molecule has 15 heavy (non-hydrogen) atoms. The third kappa shape index (κ3) is 1.89. The molecule has 1 unspecified atom stereocenters. The number of hydrogen-bond donors (Lipinski definition) is 1. The van der Waals surface area contributed by atoms with Gasteiger partial charge in [0, 0.05) is 25.6 Å². The van der Waals surface area contributed by atoms with Crippen molar-refractivity contribution in [2.75, 3.05) is 7.05 Å². The van der Waals surface area contributed by atoms with E-state index in [1.807, 2.05) is 37.1 Å². The Balaban J connectivity index is 2.37.